The zero-order valence-electron chi connectivity index (χ0n) is 12.7. The number of hydrogen-bond acceptors (Lipinski definition) is 5. The highest BCUT2D eigenvalue weighted by Gasteiger charge is 2.23. The molecule has 1 aliphatic carbocycles. The lowest BCUT2D eigenvalue weighted by Gasteiger charge is -2.29. The number of aromatic nitrogens is 4. The summed E-state index contributed by atoms with van der Waals surface area (Å²) in [6.45, 7) is 3.28. The predicted molar refractivity (Wildman–Crippen MR) is 85.3 cm³/mol. The molecule has 1 amide bonds. The van der Waals surface area contributed by atoms with Crippen LogP contribution in [0.1, 0.15) is 32.6 Å². The van der Waals surface area contributed by atoms with Gasteiger partial charge < -0.3 is 5.32 Å². The second-order valence-corrected chi connectivity index (χ2v) is 6.89. The van der Waals surface area contributed by atoms with Crippen molar-refractivity contribution >= 4 is 17.2 Å². The van der Waals surface area contributed by atoms with Crippen LogP contribution >= 0.6 is 11.3 Å². The van der Waals surface area contributed by atoms with Crippen molar-refractivity contribution in [2.45, 2.75) is 39.2 Å². The molecule has 1 saturated carbocycles. The minimum absolute atomic E-state index is 0.0616. The minimum Gasteiger partial charge on any atom is -0.356 e. The Morgan fingerprint density at radius 1 is 1.45 bits per heavy atom. The zero-order valence-corrected chi connectivity index (χ0v) is 13.6. The molecule has 7 heteroatoms. The number of nitrogens with one attached hydrogen (secondary N) is 1. The van der Waals surface area contributed by atoms with E-state index < -0.39 is 0 Å². The van der Waals surface area contributed by atoms with Gasteiger partial charge in [-0.25, -0.2) is 4.98 Å². The Morgan fingerprint density at radius 2 is 2.32 bits per heavy atom. The van der Waals surface area contributed by atoms with Crippen molar-refractivity contribution < 1.29 is 4.79 Å². The van der Waals surface area contributed by atoms with E-state index in [0.717, 1.165) is 30.2 Å². The van der Waals surface area contributed by atoms with Gasteiger partial charge in [0, 0.05) is 31.6 Å². The highest BCUT2D eigenvalue weighted by molar-refractivity contribution is 7.13. The first kappa shape index (κ1) is 15.1. The zero-order chi connectivity index (χ0) is 15.4. The number of carbonyl (C=O) groups is 1. The van der Waals surface area contributed by atoms with Gasteiger partial charge >= 0.3 is 0 Å². The molecule has 2 heterocycles. The number of amides is 1. The summed E-state index contributed by atoms with van der Waals surface area (Å²) >= 11 is 1.58. The van der Waals surface area contributed by atoms with Gasteiger partial charge in [0.05, 0.1) is 6.20 Å². The lowest BCUT2D eigenvalue weighted by Crippen LogP contribution is -2.31. The van der Waals surface area contributed by atoms with Crippen molar-refractivity contribution in [3.63, 3.8) is 0 Å². The van der Waals surface area contributed by atoms with Crippen LogP contribution in [-0.2, 0) is 11.3 Å². The molecule has 0 aliphatic heterocycles. The van der Waals surface area contributed by atoms with E-state index in [9.17, 15) is 4.79 Å². The maximum Gasteiger partial charge on any atom is 0.216 e. The predicted octanol–water partition coefficient (Wildman–Crippen LogP) is 2.34. The first-order valence-electron chi connectivity index (χ1n) is 7.75. The van der Waals surface area contributed by atoms with E-state index in [1.807, 2.05) is 16.3 Å². The van der Waals surface area contributed by atoms with Crippen molar-refractivity contribution in [2.75, 3.05) is 6.54 Å². The summed E-state index contributed by atoms with van der Waals surface area (Å²) in [5, 5.41) is 14.2. The maximum atomic E-state index is 11.0. The Kier molecular flexibility index (Phi) is 4.82. The Balaban J connectivity index is 1.55. The first-order valence-corrected chi connectivity index (χ1v) is 8.63. The molecule has 2 atom stereocenters. The molecular weight excluding hydrogens is 298 g/mol. The lowest BCUT2D eigenvalue weighted by molar-refractivity contribution is -0.119. The van der Waals surface area contributed by atoms with E-state index in [2.05, 4.69) is 20.6 Å². The molecule has 0 unspecified atom stereocenters. The van der Waals surface area contributed by atoms with E-state index in [0.29, 0.717) is 11.8 Å². The van der Waals surface area contributed by atoms with E-state index in [1.165, 1.54) is 19.3 Å². The van der Waals surface area contributed by atoms with Crippen molar-refractivity contribution in [1.82, 2.24) is 25.3 Å². The highest BCUT2D eigenvalue weighted by atomic mass is 32.1. The van der Waals surface area contributed by atoms with Crippen LogP contribution in [0.2, 0.25) is 0 Å². The third-order valence-corrected chi connectivity index (χ3v) is 4.96. The number of thiazole rings is 1. The molecule has 3 rings (SSSR count). The standard InChI is InChI=1S/C15H21N5OS/c1-11(21)17-8-12-3-2-4-13(7-12)9-20-10-14(18-19-20)15-16-5-6-22-15/h5-6,10,12-13H,2-4,7-9H2,1H3,(H,17,21)/t12-,13+/m1/s1. The normalized spacial score (nSPS) is 21.7. The van der Waals surface area contributed by atoms with Crippen LogP contribution < -0.4 is 5.32 Å². The Hall–Kier alpha value is -1.76. The van der Waals surface area contributed by atoms with Gasteiger partial charge in [-0.1, -0.05) is 11.6 Å². The fourth-order valence-corrected chi connectivity index (χ4v) is 3.73. The van der Waals surface area contributed by atoms with Gasteiger partial charge in [0.2, 0.25) is 5.91 Å². The van der Waals surface area contributed by atoms with Gasteiger partial charge in [0.25, 0.3) is 0 Å². The fraction of sp³-hybridized carbons (Fsp3) is 0.600. The summed E-state index contributed by atoms with van der Waals surface area (Å²) in [4.78, 5) is 15.3. The van der Waals surface area contributed by atoms with Gasteiger partial charge in [-0.2, -0.15) is 0 Å². The van der Waals surface area contributed by atoms with E-state index >= 15 is 0 Å². The van der Waals surface area contributed by atoms with Crippen molar-refractivity contribution in [3.8, 4) is 10.7 Å². The summed E-state index contributed by atoms with van der Waals surface area (Å²) in [5.74, 6) is 1.26. The average molecular weight is 319 g/mol. The summed E-state index contributed by atoms with van der Waals surface area (Å²) in [7, 11) is 0. The van der Waals surface area contributed by atoms with Crippen LogP contribution in [0.3, 0.4) is 0 Å². The molecule has 1 fully saturated rings. The molecular formula is C15H21N5OS. The molecule has 0 aromatic carbocycles. The summed E-state index contributed by atoms with van der Waals surface area (Å²) in [6.07, 6.45) is 8.57. The molecule has 1 N–H and O–H groups in total. The highest BCUT2D eigenvalue weighted by Crippen LogP contribution is 2.30. The van der Waals surface area contributed by atoms with Crippen LogP contribution in [0.5, 0.6) is 0 Å². The summed E-state index contributed by atoms with van der Waals surface area (Å²) in [6, 6.07) is 0. The molecule has 2 aromatic heterocycles. The largest absolute Gasteiger partial charge is 0.356 e. The third-order valence-electron chi connectivity index (χ3n) is 4.17. The minimum atomic E-state index is 0.0616. The topological polar surface area (TPSA) is 72.7 Å². The Labute approximate surface area is 133 Å². The fourth-order valence-electron chi connectivity index (χ4n) is 3.14. The second kappa shape index (κ2) is 7.00. The molecule has 0 spiro atoms. The SMILES string of the molecule is CC(=O)NC[C@@H]1CCC[C@H](Cn2cc(-c3nccs3)nn2)C1. The van der Waals surface area contributed by atoms with Gasteiger partial charge in [-0.3, -0.25) is 9.48 Å². The van der Waals surface area contributed by atoms with Gasteiger partial charge in [0.1, 0.15) is 10.7 Å². The molecule has 1 aliphatic rings. The smallest absolute Gasteiger partial charge is 0.216 e. The molecule has 0 saturated heterocycles. The van der Waals surface area contributed by atoms with Crippen LogP contribution in [0.15, 0.2) is 17.8 Å². The average Bonchev–Trinajstić information content (AvgIpc) is 3.16. The van der Waals surface area contributed by atoms with Crippen molar-refractivity contribution in [3.05, 3.63) is 17.8 Å². The van der Waals surface area contributed by atoms with Crippen LogP contribution in [0.25, 0.3) is 10.7 Å². The quantitative estimate of drug-likeness (QED) is 0.918. The molecule has 2 aromatic rings. The van der Waals surface area contributed by atoms with Gasteiger partial charge in [0.15, 0.2) is 0 Å². The summed E-state index contributed by atoms with van der Waals surface area (Å²) in [5.41, 5.74) is 0.848. The number of rotatable bonds is 5. The maximum absolute atomic E-state index is 11.0. The van der Waals surface area contributed by atoms with Crippen LogP contribution in [-0.4, -0.2) is 32.4 Å². The van der Waals surface area contributed by atoms with Crippen molar-refractivity contribution in [1.29, 1.82) is 0 Å². The molecule has 118 valence electrons. The number of nitrogens with zero attached hydrogens (tertiary/aromatic N) is 4. The molecule has 0 bridgehead atoms. The second-order valence-electron chi connectivity index (χ2n) is 6.00. The molecule has 6 nitrogen and oxygen atoms in total. The van der Waals surface area contributed by atoms with E-state index in [4.69, 9.17) is 0 Å². The number of hydrogen-bond donors (Lipinski definition) is 1. The Bertz CT molecular complexity index is 609. The lowest BCUT2D eigenvalue weighted by atomic mass is 9.81. The van der Waals surface area contributed by atoms with E-state index in [-0.39, 0.29) is 5.91 Å². The van der Waals surface area contributed by atoms with Crippen LogP contribution in [0.4, 0.5) is 0 Å². The number of carbonyl (C=O) groups excluding carboxylic acids is 1. The van der Waals surface area contributed by atoms with Gasteiger partial charge in [-0.15, -0.1) is 16.4 Å². The molecule has 22 heavy (non-hydrogen) atoms. The summed E-state index contributed by atoms with van der Waals surface area (Å²) < 4.78 is 1.93. The first-order chi connectivity index (χ1) is 10.7. The third kappa shape index (κ3) is 3.91. The Morgan fingerprint density at radius 3 is 3.09 bits per heavy atom. The van der Waals surface area contributed by atoms with E-state index in [1.54, 1.807) is 24.5 Å². The van der Waals surface area contributed by atoms with Crippen LogP contribution in [0, 0.1) is 11.8 Å². The monoisotopic (exact) mass is 319 g/mol. The van der Waals surface area contributed by atoms with Gasteiger partial charge in [-0.05, 0) is 31.1 Å². The van der Waals surface area contributed by atoms with Crippen molar-refractivity contribution in [2.24, 2.45) is 11.8 Å². The molecule has 0 radical (unpaired) electrons.